The van der Waals surface area contributed by atoms with Crippen LogP contribution < -0.4 is 0 Å². The van der Waals surface area contributed by atoms with Crippen LogP contribution in [0.25, 0.3) is 0 Å². The number of ether oxygens (including phenoxy) is 2. The fraction of sp³-hybridized carbons (Fsp3) is 0.923. The predicted molar refractivity (Wildman–Crippen MR) is 127 cm³/mol. The molecule has 12 heteroatoms. The van der Waals surface area contributed by atoms with Crippen molar-refractivity contribution in [3.05, 3.63) is 0 Å². The number of fused-ring (bicyclic) bond motifs is 5. The molecule has 4 saturated carbocycles. The van der Waals surface area contributed by atoms with Crippen LogP contribution in [0.5, 0.6) is 0 Å². The van der Waals surface area contributed by atoms with Crippen molar-refractivity contribution < 1.29 is 50.3 Å². The Hall–Kier alpha value is -1.40. The van der Waals surface area contributed by atoms with Crippen LogP contribution in [0.2, 0.25) is 0 Å². The van der Waals surface area contributed by atoms with Crippen molar-refractivity contribution in [2.45, 2.75) is 108 Å². The number of halogens is 3. The van der Waals surface area contributed by atoms with E-state index in [2.05, 4.69) is 6.92 Å². The molecule has 0 aromatic rings. The van der Waals surface area contributed by atoms with Crippen molar-refractivity contribution in [1.29, 1.82) is 0 Å². The Labute approximate surface area is 221 Å². The van der Waals surface area contributed by atoms with Crippen molar-refractivity contribution in [3.63, 3.8) is 0 Å². The average molecular weight is 568 g/mol. The molecule has 4 rings (SSSR count). The molecular weight excluding hydrogens is 529 g/mol. The van der Waals surface area contributed by atoms with E-state index in [1.165, 1.54) is 6.92 Å². The van der Waals surface area contributed by atoms with E-state index in [0.29, 0.717) is 25.2 Å². The van der Waals surface area contributed by atoms with Gasteiger partial charge < -0.3 is 19.1 Å². The smallest absolute Gasteiger partial charge is 0.364 e. The minimum atomic E-state index is -6.19. The van der Waals surface area contributed by atoms with Gasteiger partial charge >= 0.3 is 17.2 Å². The van der Waals surface area contributed by atoms with Crippen LogP contribution in [0.3, 0.4) is 0 Å². The fourth-order valence-corrected chi connectivity index (χ4v) is 9.02. The van der Waals surface area contributed by atoms with E-state index in [4.69, 9.17) is 9.47 Å². The molecule has 4 fully saturated rings. The number of carbonyl (C=O) groups is 2. The molecule has 0 aliphatic heterocycles. The normalized spacial score (nSPS) is 41.8. The number of carbonyl (C=O) groups excluding carboxylic acids is 2. The standard InChI is InChI=1S/C26H39F3O8S/c1-15(30)37-17-6-10-23(2)16(14-17)4-5-19-18(23)7-11-24(3)20(8-12-25(19,24)32)22(31)36-13-9-21(27)26(28,29)38(33,34)35/h16-21,32H,4-14H2,1-3H3,(H,33,34,35)/p-1/t16-,17+,18+,19-,20-,21?,23+,24-,25+/m1/s1. The summed E-state index contributed by atoms with van der Waals surface area (Å²) in [4.78, 5) is 24.5. The van der Waals surface area contributed by atoms with E-state index in [9.17, 15) is 40.8 Å². The summed E-state index contributed by atoms with van der Waals surface area (Å²) in [5.74, 6) is -1.12. The van der Waals surface area contributed by atoms with Crippen molar-refractivity contribution in [2.75, 3.05) is 6.61 Å². The number of esters is 2. The molecular formula is C26H38F3O8S-. The van der Waals surface area contributed by atoms with Crippen LogP contribution in [0, 0.1) is 34.5 Å². The lowest BCUT2D eigenvalue weighted by molar-refractivity contribution is -0.215. The van der Waals surface area contributed by atoms with Gasteiger partial charge in [-0.2, -0.15) is 8.78 Å². The van der Waals surface area contributed by atoms with E-state index >= 15 is 0 Å². The van der Waals surface area contributed by atoms with Gasteiger partial charge in [0.2, 0.25) is 0 Å². The second kappa shape index (κ2) is 9.90. The third kappa shape index (κ3) is 4.66. The summed E-state index contributed by atoms with van der Waals surface area (Å²) in [6.45, 7) is 4.76. The fourth-order valence-electron chi connectivity index (χ4n) is 8.59. The van der Waals surface area contributed by atoms with Gasteiger partial charge in [0.25, 0.3) is 0 Å². The molecule has 0 aromatic heterocycles. The Bertz CT molecular complexity index is 1050. The predicted octanol–water partition coefficient (Wildman–Crippen LogP) is 4.10. The zero-order chi connectivity index (χ0) is 28.3. The highest BCUT2D eigenvalue weighted by atomic mass is 32.2. The first-order chi connectivity index (χ1) is 17.5. The van der Waals surface area contributed by atoms with E-state index in [1.54, 1.807) is 0 Å². The summed E-state index contributed by atoms with van der Waals surface area (Å²) in [5, 5.41) is 7.03. The van der Waals surface area contributed by atoms with E-state index < -0.39 is 57.5 Å². The monoisotopic (exact) mass is 567 g/mol. The molecule has 38 heavy (non-hydrogen) atoms. The van der Waals surface area contributed by atoms with Gasteiger partial charge in [-0.1, -0.05) is 13.8 Å². The Kier molecular flexibility index (Phi) is 7.71. The van der Waals surface area contributed by atoms with E-state index in [-0.39, 0.29) is 29.3 Å². The highest BCUT2D eigenvalue weighted by Gasteiger charge is 2.68. The quantitative estimate of drug-likeness (QED) is 0.360. The Morgan fingerprint density at radius 3 is 2.39 bits per heavy atom. The van der Waals surface area contributed by atoms with E-state index in [0.717, 1.165) is 38.5 Å². The molecule has 218 valence electrons. The second-order valence-electron chi connectivity index (χ2n) is 12.4. The first kappa shape index (κ1) is 29.6. The Morgan fingerprint density at radius 1 is 1.08 bits per heavy atom. The third-order valence-corrected chi connectivity index (χ3v) is 11.7. The number of rotatable bonds is 7. The van der Waals surface area contributed by atoms with Gasteiger partial charge in [0.05, 0.1) is 18.1 Å². The lowest BCUT2D eigenvalue weighted by atomic mass is 9.43. The summed E-state index contributed by atoms with van der Waals surface area (Å²) in [7, 11) is -6.19. The summed E-state index contributed by atoms with van der Waals surface area (Å²) >= 11 is 0. The van der Waals surface area contributed by atoms with Crippen molar-refractivity contribution in [1.82, 2.24) is 0 Å². The summed E-state index contributed by atoms with van der Waals surface area (Å²) in [6, 6.07) is 0. The molecule has 0 heterocycles. The summed E-state index contributed by atoms with van der Waals surface area (Å²) in [5.41, 5.74) is -1.94. The molecule has 4 aliphatic rings. The topological polar surface area (TPSA) is 130 Å². The Balaban J connectivity index is 1.42. The summed E-state index contributed by atoms with van der Waals surface area (Å²) in [6.07, 6.45) is 1.75. The minimum absolute atomic E-state index is 0.0154. The average Bonchev–Trinajstić information content (AvgIpc) is 3.09. The van der Waals surface area contributed by atoms with Crippen molar-refractivity contribution in [3.8, 4) is 0 Å². The van der Waals surface area contributed by atoms with Gasteiger partial charge in [0.1, 0.15) is 6.10 Å². The molecule has 4 aliphatic carbocycles. The largest absolute Gasteiger partial charge is 0.743 e. The molecule has 1 unspecified atom stereocenters. The van der Waals surface area contributed by atoms with Crippen molar-refractivity contribution in [2.24, 2.45) is 34.5 Å². The molecule has 0 spiro atoms. The summed E-state index contributed by atoms with van der Waals surface area (Å²) < 4.78 is 83.0. The van der Waals surface area contributed by atoms with Crippen LogP contribution in [-0.4, -0.2) is 59.8 Å². The van der Waals surface area contributed by atoms with Crippen LogP contribution >= 0.6 is 0 Å². The van der Waals surface area contributed by atoms with Crippen LogP contribution in [-0.2, 0) is 29.2 Å². The molecule has 1 N–H and O–H groups in total. The number of alkyl halides is 3. The molecule has 9 atom stereocenters. The highest BCUT2D eigenvalue weighted by molar-refractivity contribution is 7.86. The molecule has 0 amide bonds. The number of hydrogen-bond donors (Lipinski definition) is 1. The second-order valence-corrected chi connectivity index (χ2v) is 13.9. The first-order valence-electron chi connectivity index (χ1n) is 13.5. The van der Waals surface area contributed by atoms with Crippen LogP contribution in [0.1, 0.15) is 85.0 Å². The SMILES string of the molecule is CC(=O)O[C@H]1CC[C@@]2(C)[C@H](CC[C@@H]3[C@@H]2CC[C@]2(C)[C@@H](C(=O)OCCC(F)C(F)(F)S(=O)(=O)[O-])CC[C@]32O)C1. The Morgan fingerprint density at radius 2 is 1.76 bits per heavy atom. The molecule has 8 nitrogen and oxygen atoms in total. The minimum Gasteiger partial charge on any atom is -0.743 e. The van der Waals surface area contributed by atoms with Crippen molar-refractivity contribution >= 4 is 22.1 Å². The van der Waals surface area contributed by atoms with Crippen LogP contribution in [0.4, 0.5) is 13.2 Å². The third-order valence-electron chi connectivity index (χ3n) is 10.7. The molecule has 0 saturated heterocycles. The van der Waals surface area contributed by atoms with E-state index in [1.807, 2.05) is 6.92 Å². The lowest BCUT2D eigenvalue weighted by Gasteiger charge is -2.63. The van der Waals surface area contributed by atoms with Gasteiger partial charge in [0.15, 0.2) is 16.3 Å². The maximum absolute atomic E-state index is 13.8. The maximum atomic E-state index is 13.8. The maximum Gasteiger partial charge on any atom is 0.364 e. The van der Waals surface area contributed by atoms with Gasteiger partial charge in [-0.15, -0.1) is 0 Å². The van der Waals surface area contributed by atoms with Gasteiger partial charge in [-0.05, 0) is 81.0 Å². The van der Waals surface area contributed by atoms with Gasteiger partial charge in [0, 0.05) is 18.8 Å². The van der Waals surface area contributed by atoms with Gasteiger partial charge in [-0.25, -0.2) is 12.8 Å². The highest BCUT2D eigenvalue weighted by Crippen LogP contribution is 2.69. The zero-order valence-corrected chi connectivity index (χ0v) is 22.9. The first-order valence-corrected chi connectivity index (χ1v) is 14.9. The molecule has 0 bridgehead atoms. The molecule has 0 radical (unpaired) electrons. The zero-order valence-electron chi connectivity index (χ0n) is 22.1. The lowest BCUT2D eigenvalue weighted by Crippen LogP contribution is -2.62. The molecule has 0 aromatic carbocycles. The number of hydrogen-bond acceptors (Lipinski definition) is 8. The van der Waals surface area contributed by atoms with Gasteiger partial charge in [-0.3, -0.25) is 9.59 Å². The number of aliphatic hydroxyl groups is 1. The van der Waals surface area contributed by atoms with Crippen LogP contribution in [0.15, 0.2) is 0 Å².